The number of benzene rings is 1. The minimum absolute atomic E-state index is 0.136. The van der Waals surface area contributed by atoms with E-state index in [1.165, 1.54) is 4.90 Å². The Balaban J connectivity index is 1.92. The molecule has 6 heteroatoms. The zero-order valence-electron chi connectivity index (χ0n) is 11.8. The van der Waals surface area contributed by atoms with Crippen LogP contribution < -0.4 is 11.1 Å². The van der Waals surface area contributed by atoms with Gasteiger partial charge >= 0.3 is 0 Å². The van der Waals surface area contributed by atoms with Crippen molar-refractivity contribution in [2.75, 3.05) is 31.6 Å². The van der Waals surface area contributed by atoms with Gasteiger partial charge in [0.05, 0.1) is 13.2 Å². The number of hydrogen-bond acceptors (Lipinski definition) is 4. The Labute approximate surface area is 123 Å². The molecule has 1 aromatic rings. The fourth-order valence-corrected chi connectivity index (χ4v) is 2.95. The molecule has 1 fully saturated rings. The number of hydrogen-bond donors (Lipinski definition) is 2. The smallest absolute Gasteiger partial charge is 0.255 e. The van der Waals surface area contributed by atoms with E-state index in [-0.39, 0.29) is 12.5 Å². The molecule has 0 aromatic heterocycles. The summed E-state index contributed by atoms with van der Waals surface area (Å²) < 4.78 is 5.27. The van der Waals surface area contributed by atoms with Crippen LogP contribution in [0.2, 0.25) is 0 Å². The average molecular weight is 289 g/mol. The van der Waals surface area contributed by atoms with Crippen LogP contribution in [-0.4, -0.2) is 49.1 Å². The summed E-state index contributed by atoms with van der Waals surface area (Å²) >= 11 is 0. The quantitative estimate of drug-likeness (QED) is 0.824. The molecule has 21 heavy (non-hydrogen) atoms. The number of carbonyl (C=O) groups is 2. The Morgan fingerprint density at radius 1 is 1.38 bits per heavy atom. The molecule has 2 amide bonds. The normalized spacial score (nSPS) is 21.3. The van der Waals surface area contributed by atoms with Crippen LogP contribution in [0, 0.1) is 0 Å². The molecule has 0 bridgehead atoms. The van der Waals surface area contributed by atoms with Gasteiger partial charge in [0.1, 0.15) is 6.04 Å². The van der Waals surface area contributed by atoms with Crippen molar-refractivity contribution in [1.29, 1.82) is 0 Å². The van der Waals surface area contributed by atoms with Crippen LogP contribution in [0.1, 0.15) is 22.3 Å². The zero-order chi connectivity index (χ0) is 14.8. The maximum absolute atomic E-state index is 12.8. The predicted octanol–water partition coefficient (Wildman–Crippen LogP) is 0.371. The van der Waals surface area contributed by atoms with Crippen LogP contribution >= 0.6 is 0 Å². The number of nitrogens with one attached hydrogen (secondary N) is 1. The third-order valence-corrected chi connectivity index (χ3v) is 4.04. The van der Waals surface area contributed by atoms with Gasteiger partial charge in [0.25, 0.3) is 5.91 Å². The SMILES string of the molecule is NC(=O)C1COCCN1C(=O)c1cccc2c1CCCN2. The molecule has 3 rings (SSSR count). The van der Waals surface area contributed by atoms with Crippen LogP contribution in [-0.2, 0) is 16.0 Å². The van der Waals surface area contributed by atoms with Crippen molar-refractivity contribution in [3.05, 3.63) is 29.3 Å². The highest BCUT2D eigenvalue weighted by Gasteiger charge is 2.33. The number of carbonyl (C=O) groups excluding carboxylic acids is 2. The first-order valence-corrected chi connectivity index (χ1v) is 7.22. The second kappa shape index (κ2) is 5.73. The lowest BCUT2D eigenvalue weighted by molar-refractivity contribution is -0.127. The summed E-state index contributed by atoms with van der Waals surface area (Å²) in [5.41, 5.74) is 8.09. The van der Waals surface area contributed by atoms with Gasteiger partial charge in [-0.3, -0.25) is 9.59 Å². The van der Waals surface area contributed by atoms with Crippen molar-refractivity contribution >= 4 is 17.5 Å². The molecule has 3 N–H and O–H groups in total. The molecule has 0 spiro atoms. The molecule has 1 atom stereocenters. The summed E-state index contributed by atoms with van der Waals surface area (Å²) in [5, 5.41) is 3.31. The molecule has 2 heterocycles. The molecular formula is C15H19N3O3. The van der Waals surface area contributed by atoms with Crippen molar-refractivity contribution in [3.63, 3.8) is 0 Å². The van der Waals surface area contributed by atoms with E-state index >= 15 is 0 Å². The Hall–Kier alpha value is -2.08. The summed E-state index contributed by atoms with van der Waals surface area (Å²) in [5.74, 6) is -0.659. The van der Waals surface area contributed by atoms with E-state index in [9.17, 15) is 9.59 Å². The molecule has 112 valence electrons. The Morgan fingerprint density at radius 3 is 3.05 bits per heavy atom. The summed E-state index contributed by atoms with van der Waals surface area (Å²) in [6.45, 7) is 1.92. The molecule has 1 saturated heterocycles. The number of rotatable bonds is 2. The summed E-state index contributed by atoms with van der Waals surface area (Å²) in [6.07, 6.45) is 1.87. The van der Waals surface area contributed by atoms with Gasteiger partial charge in [0, 0.05) is 24.3 Å². The van der Waals surface area contributed by atoms with E-state index in [2.05, 4.69) is 5.32 Å². The molecule has 0 aliphatic carbocycles. The Kier molecular flexibility index (Phi) is 3.79. The Morgan fingerprint density at radius 2 is 2.24 bits per heavy atom. The standard InChI is InChI=1S/C15H19N3O3/c16-14(19)13-9-21-8-7-18(13)15(20)11-3-1-5-12-10(11)4-2-6-17-12/h1,3,5,13,17H,2,4,6-9H2,(H2,16,19). The number of ether oxygens (including phenoxy) is 1. The van der Waals surface area contributed by atoms with E-state index in [1.807, 2.05) is 18.2 Å². The summed E-state index contributed by atoms with van der Waals surface area (Å²) in [4.78, 5) is 25.9. The van der Waals surface area contributed by atoms with Crippen LogP contribution in [0.25, 0.3) is 0 Å². The van der Waals surface area contributed by atoms with Gasteiger partial charge in [-0.05, 0) is 30.5 Å². The molecular weight excluding hydrogens is 270 g/mol. The topological polar surface area (TPSA) is 84.7 Å². The molecule has 0 saturated carbocycles. The molecule has 2 aliphatic heterocycles. The lowest BCUT2D eigenvalue weighted by Crippen LogP contribution is -2.54. The minimum Gasteiger partial charge on any atom is -0.385 e. The lowest BCUT2D eigenvalue weighted by Gasteiger charge is -2.34. The lowest BCUT2D eigenvalue weighted by atomic mass is 9.96. The summed E-state index contributed by atoms with van der Waals surface area (Å²) in [7, 11) is 0. The van der Waals surface area contributed by atoms with E-state index in [0.29, 0.717) is 18.7 Å². The van der Waals surface area contributed by atoms with E-state index in [1.54, 1.807) is 0 Å². The maximum atomic E-state index is 12.8. The number of anilines is 1. The van der Waals surface area contributed by atoms with Gasteiger partial charge in [-0.1, -0.05) is 6.07 Å². The fraction of sp³-hybridized carbons (Fsp3) is 0.467. The van der Waals surface area contributed by atoms with Crippen LogP contribution in [0.3, 0.4) is 0 Å². The number of amides is 2. The van der Waals surface area contributed by atoms with E-state index < -0.39 is 11.9 Å². The van der Waals surface area contributed by atoms with Crippen LogP contribution in [0.15, 0.2) is 18.2 Å². The molecule has 1 aromatic carbocycles. The average Bonchev–Trinajstić information content (AvgIpc) is 2.53. The van der Waals surface area contributed by atoms with Gasteiger partial charge in [-0.15, -0.1) is 0 Å². The van der Waals surface area contributed by atoms with Gasteiger partial charge in [0.15, 0.2) is 0 Å². The van der Waals surface area contributed by atoms with E-state index in [0.717, 1.165) is 30.6 Å². The van der Waals surface area contributed by atoms with E-state index in [4.69, 9.17) is 10.5 Å². The summed E-state index contributed by atoms with van der Waals surface area (Å²) in [6, 6.07) is 4.99. The predicted molar refractivity (Wildman–Crippen MR) is 78.1 cm³/mol. The highest BCUT2D eigenvalue weighted by atomic mass is 16.5. The third kappa shape index (κ3) is 2.58. The first kappa shape index (κ1) is 13.9. The Bertz CT molecular complexity index is 573. The van der Waals surface area contributed by atoms with Crippen molar-refractivity contribution < 1.29 is 14.3 Å². The van der Waals surface area contributed by atoms with Gasteiger partial charge in [-0.25, -0.2) is 0 Å². The molecule has 6 nitrogen and oxygen atoms in total. The molecule has 1 unspecified atom stereocenters. The van der Waals surface area contributed by atoms with Crippen molar-refractivity contribution in [2.45, 2.75) is 18.9 Å². The second-order valence-electron chi connectivity index (χ2n) is 5.35. The largest absolute Gasteiger partial charge is 0.385 e. The second-order valence-corrected chi connectivity index (χ2v) is 5.35. The first-order chi connectivity index (χ1) is 10.2. The third-order valence-electron chi connectivity index (χ3n) is 4.04. The van der Waals surface area contributed by atoms with Gasteiger partial charge in [-0.2, -0.15) is 0 Å². The van der Waals surface area contributed by atoms with Gasteiger partial charge in [0.2, 0.25) is 5.91 Å². The highest BCUT2D eigenvalue weighted by molar-refractivity contribution is 6.00. The first-order valence-electron chi connectivity index (χ1n) is 7.22. The number of primary amides is 1. The van der Waals surface area contributed by atoms with Crippen molar-refractivity contribution in [1.82, 2.24) is 4.90 Å². The minimum atomic E-state index is -0.682. The number of nitrogens with two attached hydrogens (primary N) is 1. The number of fused-ring (bicyclic) bond motifs is 1. The van der Waals surface area contributed by atoms with Crippen molar-refractivity contribution in [2.24, 2.45) is 5.73 Å². The van der Waals surface area contributed by atoms with Crippen molar-refractivity contribution in [3.8, 4) is 0 Å². The molecule has 0 radical (unpaired) electrons. The monoisotopic (exact) mass is 289 g/mol. The fourth-order valence-electron chi connectivity index (χ4n) is 2.95. The van der Waals surface area contributed by atoms with Crippen LogP contribution in [0.5, 0.6) is 0 Å². The maximum Gasteiger partial charge on any atom is 0.255 e. The van der Waals surface area contributed by atoms with Gasteiger partial charge < -0.3 is 20.7 Å². The number of morpholine rings is 1. The molecule has 2 aliphatic rings. The zero-order valence-corrected chi connectivity index (χ0v) is 11.8. The number of nitrogens with zero attached hydrogens (tertiary/aromatic N) is 1. The highest BCUT2D eigenvalue weighted by Crippen LogP contribution is 2.27. The van der Waals surface area contributed by atoms with Crippen LogP contribution in [0.4, 0.5) is 5.69 Å².